The van der Waals surface area contributed by atoms with Crippen molar-refractivity contribution in [3.05, 3.63) is 0 Å². The highest BCUT2D eigenvalue weighted by molar-refractivity contribution is 7.99. The minimum absolute atomic E-state index is 0.115. The predicted octanol–water partition coefficient (Wildman–Crippen LogP) is 0.359. The van der Waals surface area contributed by atoms with E-state index in [1.54, 1.807) is 0 Å². The number of aliphatic hydroxyl groups is 1. The van der Waals surface area contributed by atoms with Crippen molar-refractivity contribution in [3.8, 4) is 0 Å². The predicted molar refractivity (Wildman–Crippen MR) is 70.1 cm³/mol. The fraction of sp³-hybridized carbons (Fsp3) is 0.917. The maximum Gasteiger partial charge on any atom is 0.221 e. The second kappa shape index (κ2) is 6.61. The van der Waals surface area contributed by atoms with Crippen LogP contribution in [0.4, 0.5) is 0 Å². The minimum Gasteiger partial charge on any atom is -0.393 e. The number of thioether (sulfide) groups is 1. The Balaban J connectivity index is 1.63. The Morgan fingerprint density at radius 2 is 2.35 bits per heavy atom. The first-order valence-electron chi connectivity index (χ1n) is 6.51. The number of amides is 1. The van der Waals surface area contributed by atoms with E-state index in [2.05, 4.69) is 10.6 Å². The molecule has 17 heavy (non-hydrogen) atoms. The molecule has 1 aliphatic heterocycles. The lowest BCUT2D eigenvalue weighted by Gasteiger charge is -2.23. The lowest BCUT2D eigenvalue weighted by Crippen LogP contribution is -2.42. The van der Waals surface area contributed by atoms with Crippen molar-refractivity contribution in [2.24, 2.45) is 5.92 Å². The van der Waals surface area contributed by atoms with Crippen LogP contribution >= 0.6 is 11.8 Å². The van der Waals surface area contributed by atoms with Gasteiger partial charge in [-0.3, -0.25) is 4.79 Å². The van der Waals surface area contributed by atoms with E-state index in [1.807, 2.05) is 11.8 Å². The molecule has 0 aromatic rings. The fourth-order valence-corrected chi connectivity index (χ4v) is 3.50. The first-order valence-corrected chi connectivity index (χ1v) is 7.67. The summed E-state index contributed by atoms with van der Waals surface area (Å²) >= 11 is 1.91. The summed E-state index contributed by atoms with van der Waals surface area (Å²) in [4.78, 5) is 11.7. The summed E-state index contributed by atoms with van der Waals surface area (Å²) < 4.78 is 0. The van der Waals surface area contributed by atoms with Gasteiger partial charge in [0.2, 0.25) is 5.91 Å². The number of nitrogens with one attached hydrogen (secondary N) is 2. The van der Waals surface area contributed by atoms with Gasteiger partial charge in [0.25, 0.3) is 0 Å². The van der Waals surface area contributed by atoms with Crippen LogP contribution in [-0.4, -0.2) is 47.8 Å². The average molecular weight is 258 g/mol. The molecule has 3 atom stereocenters. The quantitative estimate of drug-likeness (QED) is 0.681. The highest BCUT2D eigenvalue weighted by Gasteiger charge is 2.25. The van der Waals surface area contributed by atoms with Crippen LogP contribution in [-0.2, 0) is 4.79 Å². The van der Waals surface area contributed by atoms with Crippen LogP contribution in [0.15, 0.2) is 0 Å². The lowest BCUT2D eigenvalue weighted by atomic mass is 10.1. The topological polar surface area (TPSA) is 61.4 Å². The SMILES string of the molecule is O=C(CC1CSCCN1)NCC1CCCC1O. The molecule has 3 N–H and O–H groups in total. The van der Waals surface area contributed by atoms with Crippen LogP contribution in [0.2, 0.25) is 0 Å². The van der Waals surface area contributed by atoms with Crippen molar-refractivity contribution in [2.45, 2.75) is 37.8 Å². The van der Waals surface area contributed by atoms with E-state index in [-0.39, 0.29) is 17.9 Å². The van der Waals surface area contributed by atoms with Gasteiger partial charge in [-0.1, -0.05) is 6.42 Å². The second-order valence-corrected chi connectivity index (χ2v) is 6.14. The molecule has 1 aliphatic carbocycles. The van der Waals surface area contributed by atoms with Gasteiger partial charge in [0, 0.05) is 43.0 Å². The molecule has 4 nitrogen and oxygen atoms in total. The van der Waals surface area contributed by atoms with E-state index in [9.17, 15) is 9.90 Å². The molecule has 98 valence electrons. The van der Waals surface area contributed by atoms with Crippen LogP contribution in [0, 0.1) is 5.92 Å². The Bertz CT molecular complexity index is 257. The third-order valence-corrected chi connectivity index (χ3v) is 4.74. The van der Waals surface area contributed by atoms with Crippen LogP contribution in [0.25, 0.3) is 0 Å². The third-order valence-electron chi connectivity index (χ3n) is 3.61. The van der Waals surface area contributed by atoms with Gasteiger partial charge in [0.1, 0.15) is 0 Å². The third kappa shape index (κ3) is 4.16. The van der Waals surface area contributed by atoms with Crippen molar-refractivity contribution in [1.29, 1.82) is 0 Å². The second-order valence-electron chi connectivity index (χ2n) is 4.99. The number of hydrogen-bond acceptors (Lipinski definition) is 4. The largest absolute Gasteiger partial charge is 0.393 e. The van der Waals surface area contributed by atoms with E-state index in [4.69, 9.17) is 0 Å². The van der Waals surface area contributed by atoms with Crippen LogP contribution in [0.1, 0.15) is 25.7 Å². The molecule has 0 aromatic carbocycles. The number of carbonyl (C=O) groups excluding carboxylic acids is 1. The zero-order valence-corrected chi connectivity index (χ0v) is 11.0. The molecule has 0 radical (unpaired) electrons. The summed E-state index contributed by atoms with van der Waals surface area (Å²) in [7, 11) is 0. The van der Waals surface area contributed by atoms with E-state index >= 15 is 0 Å². The summed E-state index contributed by atoms with van der Waals surface area (Å²) in [6, 6.07) is 0.322. The number of carbonyl (C=O) groups is 1. The van der Waals surface area contributed by atoms with Gasteiger partial charge in [0.05, 0.1) is 6.10 Å². The molecule has 1 heterocycles. The molecule has 1 saturated carbocycles. The van der Waals surface area contributed by atoms with Gasteiger partial charge in [-0.05, 0) is 12.8 Å². The molecule has 2 rings (SSSR count). The highest BCUT2D eigenvalue weighted by atomic mass is 32.2. The Hall–Kier alpha value is -0.260. The summed E-state index contributed by atoms with van der Waals surface area (Å²) in [5, 5.41) is 16.0. The van der Waals surface area contributed by atoms with Crippen molar-refractivity contribution >= 4 is 17.7 Å². The fourth-order valence-electron chi connectivity index (χ4n) is 2.55. The molecule has 0 aromatic heterocycles. The average Bonchev–Trinajstić information content (AvgIpc) is 2.74. The van der Waals surface area contributed by atoms with E-state index < -0.39 is 0 Å². The summed E-state index contributed by atoms with van der Waals surface area (Å²) in [5.41, 5.74) is 0. The molecular weight excluding hydrogens is 236 g/mol. The van der Waals surface area contributed by atoms with Crippen LogP contribution in [0.5, 0.6) is 0 Å². The van der Waals surface area contributed by atoms with Gasteiger partial charge in [-0.15, -0.1) is 0 Å². The first kappa shape index (κ1) is 13.2. The smallest absolute Gasteiger partial charge is 0.221 e. The standard InChI is InChI=1S/C12H22N2O2S/c15-11-3-1-2-9(11)7-14-12(16)6-10-8-17-5-4-13-10/h9-11,13,15H,1-8H2,(H,14,16). The minimum atomic E-state index is -0.210. The summed E-state index contributed by atoms with van der Waals surface area (Å²) in [6.45, 7) is 1.64. The Morgan fingerprint density at radius 3 is 3.00 bits per heavy atom. The van der Waals surface area contributed by atoms with Gasteiger partial charge in [0.15, 0.2) is 0 Å². The van der Waals surface area contributed by atoms with Crippen LogP contribution in [0.3, 0.4) is 0 Å². The molecule has 2 aliphatic rings. The van der Waals surface area contributed by atoms with E-state index in [1.165, 1.54) is 0 Å². The van der Waals surface area contributed by atoms with E-state index in [0.717, 1.165) is 37.3 Å². The monoisotopic (exact) mass is 258 g/mol. The molecular formula is C12H22N2O2S. The Kier molecular flexibility index (Phi) is 5.13. The maximum atomic E-state index is 11.7. The molecule has 1 amide bonds. The molecule has 2 fully saturated rings. The zero-order valence-electron chi connectivity index (χ0n) is 10.2. The summed E-state index contributed by atoms with van der Waals surface area (Å²) in [6.07, 6.45) is 3.37. The maximum absolute atomic E-state index is 11.7. The number of rotatable bonds is 4. The van der Waals surface area contributed by atoms with Crippen molar-refractivity contribution in [3.63, 3.8) is 0 Å². The Labute approximate surface area is 107 Å². The van der Waals surface area contributed by atoms with Gasteiger partial charge < -0.3 is 15.7 Å². The normalized spacial score (nSPS) is 33.6. The van der Waals surface area contributed by atoms with Crippen LogP contribution < -0.4 is 10.6 Å². The van der Waals surface area contributed by atoms with Gasteiger partial charge in [-0.25, -0.2) is 0 Å². The van der Waals surface area contributed by atoms with Gasteiger partial charge >= 0.3 is 0 Å². The molecule has 0 spiro atoms. The first-order chi connectivity index (χ1) is 8.25. The molecule has 1 saturated heterocycles. The lowest BCUT2D eigenvalue weighted by molar-refractivity contribution is -0.121. The zero-order chi connectivity index (χ0) is 12.1. The number of hydrogen-bond donors (Lipinski definition) is 3. The summed E-state index contributed by atoms with van der Waals surface area (Å²) in [5.74, 6) is 2.56. The molecule has 0 bridgehead atoms. The van der Waals surface area contributed by atoms with Gasteiger partial charge in [-0.2, -0.15) is 11.8 Å². The molecule has 3 unspecified atom stereocenters. The number of aliphatic hydroxyl groups excluding tert-OH is 1. The van der Waals surface area contributed by atoms with E-state index in [0.29, 0.717) is 19.0 Å². The van der Waals surface area contributed by atoms with Crippen molar-refractivity contribution in [1.82, 2.24) is 10.6 Å². The highest BCUT2D eigenvalue weighted by Crippen LogP contribution is 2.24. The molecule has 5 heteroatoms. The van der Waals surface area contributed by atoms with Crippen molar-refractivity contribution < 1.29 is 9.90 Å². The van der Waals surface area contributed by atoms with Crippen molar-refractivity contribution in [2.75, 3.05) is 24.6 Å². The Morgan fingerprint density at radius 1 is 1.47 bits per heavy atom.